The first-order chi connectivity index (χ1) is 11.0. The molecule has 0 saturated heterocycles. The van der Waals surface area contributed by atoms with Crippen molar-refractivity contribution in [3.8, 4) is 0 Å². The number of anilines is 1. The van der Waals surface area contributed by atoms with E-state index in [1.54, 1.807) is 0 Å². The maximum atomic E-state index is 12.4. The van der Waals surface area contributed by atoms with Gasteiger partial charge in [-0.3, -0.25) is 9.20 Å². The minimum atomic E-state index is -0.275. The highest BCUT2D eigenvalue weighted by atomic mass is 32.2. The number of amides is 1. The quantitative estimate of drug-likeness (QED) is 0.746. The van der Waals surface area contributed by atoms with E-state index in [2.05, 4.69) is 21.6 Å². The van der Waals surface area contributed by atoms with E-state index in [1.165, 1.54) is 17.3 Å². The molecular weight excluding hydrogens is 308 g/mol. The molecule has 0 bridgehead atoms. The fourth-order valence-electron chi connectivity index (χ4n) is 2.30. The number of benzene rings is 1. The summed E-state index contributed by atoms with van der Waals surface area (Å²) in [6.45, 7) is 5.90. The van der Waals surface area contributed by atoms with Crippen molar-refractivity contribution < 1.29 is 4.79 Å². The van der Waals surface area contributed by atoms with Gasteiger partial charge < -0.3 is 5.32 Å². The van der Waals surface area contributed by atoms with Gasteiger partial charge in [-0.1, -0.05) is 35.5 Å². The van der Waals surface area contributed by atoms with Gasteiger partial charge in [0.15, 0.2) is 10.8 Å². The molecule has 1 aromatic carbocycles. The number of nitrogens with zero attached hydrogens (tertiary/aromatic N) is 3. The van der Waals surface area contributed by atoms with Gasteiger partial charge in [0.25, 0.3) is 0 Å². The molecule has 0 aliphatic rings. The minimum Gasteiger partial charge on any atom is -0.325 e. The predicted molar refractivity (Wildman–Crippen MR) is 92.9 cm³/mol. The minimum absolute atomic E-state index is 0.0466. The summed E-state index contributed by atoms with van der Waals surface area (Å²) in [5.41, 5.74) is 3.86. The number of carbonyl (C=O) groups is 1. The standard InChI is InChI=1S/C17H18N4OS/c1-11-7-8-14(12(2)10-11)18-16(22)13(3)23-17-20-19-15-6-4-5-9-21(15)17/h4-10,13H,1-3H3,(H,18,22). The molecule has 5 nitrogen and oxygen atoms in total. The van der Waals surface area contributed by atoms with Crippen molar-refractivity contribution in [2.45, 2.75) is 31.2 Å². The molecular formula is C17H18N4OS. The summed E-state index contributed by atoms with van der Waals surface area (Å²) in [4.78, 5) is 12.4. The largest absolute Gasteiger partial charge is 0.325 e. The van der Waals surface area contributed by atoms with E-state index >= 15 is 0 Å². The Labute approximate surface area is 139 Å². The van der Waals surface area contributed by atoms with Crippen LogP contribution < -0.4 is 5.32 Å². The number of hydrogen-bond acceptors (Lipinski definition) is 4. The summed E-state index contributed by atoms with van der Waals surface area (Å²) in [7, 11) is 0. The second-order valence-electron chi connectivity index (χ2n) is 5.48. The number of aromatic nitrogens is 3. The smallest absolute Gasteiger partial charge is 0.237 e. The number of nitrogens with one attached hydrogen (secondary N) is 1. The SMILES string of the molecule is Cc1ccc(NC(=O)C(C)Sc2nnc3ccccn23)c(C)c1. The molecule has 2 heterocycles. The van der Waals surface area contributed by atoms with Crippen LogP contribution in [0.2, 0.25) is 0 Å². The van der Waals surface area contributed by atoms with Crippen molar-refractivity contribution >= 4 is 29.0 Å². The Bertz CT molecular complexity index is 859. The zero-order valence-electron chi connectivity index (χ0n) is 13.3. The number of hydrogen-bond donors (Lipinski definition) is 1. The van der Waals surface area contributed by atoms with Crippen LogP contribution in [0.1, 0.15) is 18.1 Å². The molecule has 1 unspecified atom stereocenters. The average Bonchev–Trinajstić information content (AvgIpc) is 2.93. The Kier molecular flexibility index (Phi) is 4.34. The lowest BCUT2D eigenvalue weighted by Crippen LogP contribution is -2.23. The van der Waals surface area contributed by atoms with Crippen LogP contribution in [-0.4, -0.2) is 25.8 Å². The Morgan fingerprint density at radius 1 is 1.22 bits per heavy atom. The van der Waals surface area contributed by atoms with Gasteiger partial charge in [0.1, 0.15) is 0 Å². The summed E-state index contributed by atoms with van der Waals surface area (Å²) in [5, 5.41) is 11.7. The van der Waals surface area contributed by atoms with Crippen LogP contribution in [0.4, 0.5) is 5.69 Å². The number of thioether (sulfide) groups is 1. The lowest BCUT2D eigenvalue weighted by atomic mass is 10.1. The lowest BCUT2D eigenvalue weighted by molar-refractivity contribution is -0.115. The summed E-state index contributed by atoms with van der Waals surface area (Å²) in [6.07, 6.45) is 1.90. The molecule has 0 spiro atoms. The van der Waals surface area contributed by atoms with Gasteiger partial charge in [-0.2, -0.15) is 0 Å². The third kappa shape index (κ3) is 3.37. The molecule has 0 radical (unpaired) electrons. The van der Waals surface area contributed by atoms with Gasteiger partial charge in [-0.05, 0) is 44.5 Å². The van der Waals surface area contributed by atoms with Crippen molar-refractivity contribution in [1.29, 1.82) is 0 Å². The van der Waals surface area contributed by atoms with Gasteiger partial charge in [0.2, 0.25) is 5.91 Å². The highest BCUT2D eigenvalue weighted by Gasteiger charge is 2.18. The van der Waals surface area contributed by atoms with Crippen LogP contribution in [0, 0.1) is 13.8 Å². The second-order valence-corrected chi connectivity index (χ2v) is 6.79. The van der Waals surface area contributed by atoms with E-state index in [0.717, 1.165) is 16.9 Å². The van der Waals surface area contributed by atoms with Gasteiger partial charge in [0, 0.05) is 11.9 Å². The summed E-state index contributed by atoms with van der Waals surface area (Å²) < 4.78 is 1.88. The molecule has 1 amide bonds. The van der Waals surface area contributed by atoms with Crippen molar-refractivity contribution in [2.75, 3.05) is 5.32 Å². The third-order valence-corrected chi connectivity index (χ3v) is 4.63. The Morgan fingerprint density at radius 3 is 2.83 bits per heavy atom. The molecule has 3 rings (SSSR count). The zero-order valence-corrected chi connectivity index (χ0v) is 14.1. The highest BCUT2D eigenvalue weighted by molar-refractivity contribution is 8.00. The summed E-state index contributed by atoms with van der Waals surface area (Å²) in [6, 6.07) is 11.7. The lowest BCUT2D eigenvalue weighted by Gasteiger charge is -2.13. The molecule has 6 heteroatoms. The van der Waals surface area contributed by atoms with E-state index in [9.17, 15) is 4.79 Å². The van der Waals surface area contributed by atoms with Gasteiger partial charge >= 0.3 is 0 Å². The van der Waals surface area contributed by atoms with E-state index in [-0.39, 0.29) is 11.2 Å². The van der Waals surface area contributed by atoms with Crippen molar-refractivity contribution in [3.63, 3.8) is 0 Å². The predicted octanol–water partition coefficient (Wildman–Crippen LogP) is 3.47. The maximum Gasteiger partial charge on any atom is 0.237 e. The van der Waals surface area contributed by atoms with Crippen LogP contribution in [0.25, 0.3) is 5.65 Å². The average molecular weight is 326 g/mol. The van der Waals surface area contributed by atoms with E-state index < -0.39 is 0 Å². The molecule has 2 aromatic heterocycles. The first-order valence-electron chi connectivity index (χ1n) is 7.39. The molecule has 1 N–H and O–H groups in total. The molecule has 118 valence electrons. The first-order valence-corrected chi connectivity index (χ1v) is 8.27. The topological polar surface area (TPSA) is 59.3 Å². The molecule has 1 atom stereocenters. The molecule has 23 heavy (non-hydrogen) atoms. The summed E-state index contributed by atoms with van der Waals surface area (Å²) in [5.74, 6) is -0.0466. The van der Waals surface area contributed by atoms with Gasteiger partial charge in [-0.15, -0.1) is 10.2 Å². The first kappa shape index (κ1) is 15.6. The molecule has 3 aromatic rings. The number of rotatable bonds is 4. The van der Waals surface area contributed by atoms with E-state index in [1.807, 2.05) is 61.7 Å². The maximum absolute atomic E-state index is 12.4. The fraction of sp³-hybridized carbons (Fsp3) is 0.235. The van der Waals surface area contributed by atoms with Crippen molar-refractivity contribution in [3.05, 3.63) is 53.7 Å². The molecule has 0 aliphatic carbocycles. The number of fused-ring (bicyclic) bond motifs is 1. The Balaban J connectivity index is 1.72. The number of carbonyl (C=O) groups excluding carboxylic acids is 1. The molecule has 0 saturated carbocycles. The Hall–Kier alpha value is -2.34. The van der Waals surface area contributed by atoms with E-state index in [0.29, 0.717) is 5.16 Å². The van der Waals surface area contributed by atoms with E-state index in [4.69, 9.17) is 0 Å². The zero-order chi connectivity index (χ0) is 16.4. The van der Waals surface area contributed by atoms with Crippen LogP contribution in [0.3, 0.4) is 0 Å². The Morgan fingerprint density at radius 2 is 2.04 bits per heavy atom. The van der Waals surface area contributed by atoms with Gasteiger partial charge in [0.05, 0.1) is 5.25 Å². The van der Waals surface area contributed by atoms with Crippen LogP contribution >= 0.6 is 11.8 Å². The van der Waals surface area contributed by atoms with Gasteiger partial charge in [-0.25, -0.2) is 0 Å². The monoisotopic (exact) mass is 326 g/mol. The van der Waals surface area contributed by atoms with Crippen molar-refractivity contribution in [2.24, 2.45) is 0 Å². The summed E-state index contributed by atoms with van der Waals surface area (Å²) >= 11 is 1.39. The van der Waals surface area contributed by atoms with Crippen molar-refractivity contribution in [1.82, 2.24) is 14.6 Å². The normalized spacial score (nSPS) is 12.3. The third-order valence-electron chi connectivity index (χ3n) is 3.57. The van der Waals surface area contributed by atoms with Crippen LogP contribution in [-0.2, 0) is 4.79 Å². The molecule has 0 aliphatic heterocycles. The second kappa shape index (κ2) is 6.42. The number of aryl methyl sites for hydroxylation is 2. The van der Waals surface area contributed by atoms with Crippen LogP contribution in [0.15, 0.2) is 47.8 Å². The molecule has 0 fully saturated rings. The van der Waals surface area contributed by atoms with Crippen LogP contribution in [0.5, 0.6) is 0 Å². The number of pyridine rings is 1. The highest BCUT2D eigenvalue weighted by Crippen LogP contribution is 2.24. The fourth-order valence-corrected chi connectivity index (χ4v) is 3.14.